The van der Waals surface area contributed by atoms with Crippen molar-refractivity contribution in [2.75, 3.05) is 22.0 Å². The van der Waals surface area contributed by atoms with E-state index in [1.54, 1.807) is 36.4 Å². The highest BCUT2D eigenvalue weighted by Gasteiger charge is 2.11. The van der Waals surface area contributed by atoms with Crippen molar-refractivity contribution >= 4 is 44.3 Å². The summed E-state index contributed by atoms with van der Waals surface area (Å²) in [5, 5.41) is 4.67. The number of nitrogen functional groups attached to an aromatic ring is 1. The van der Waals surface area contributed by atoms with Gasteiger partial charge in [0.25, 0.3) is 5.91 Å². The molecule has 0 saturated carbocycles. The molecule has 134 valence electrons. The first-order valence-electron chi connectivity index (χ1n) is 7.64. The third kappa shape index (κ3) is 4.62. The third-order valence-electron chi connectivity index (χ3n) is 3.47. The zero-order valence-corrected chi connectivity index (χ0v) is 15.5. The van der Waals surface area contributed by atoms with Gasteiger partial charge in [-0.05, 0) is 52.9 Å². The zero-order valence-electron chi connectivity index (χ0n) is 13.9. The smallest absolute Gasteiger partial charge is 0.265 e. The van der Waals surface area contributed by atoms with Gasteiger partial charge >= 0.3 is 0 Å². The van der Waals surface area contributed by atoms with Crippen LogP contribution in [0.4, 0.5) is 17.1 Å². The highest BCUT2D eigenvalue weighted by Crippen LogP contribution is 2.27. The van der Waals surface area contributed by atoms with Gasteiger partial charge in [0.1, 0.15) is 0 Å². The van der Waals surface area contributed by atoms with Crippen molar-refractivity contribution in [3.63, 3.8) is 0 Å². The Morgan fingerprint density at radius 2 is 1.73 bits per heavy atom. The Labute approximate surface area is 155 Å². The summed E-state index contributed by atoms with van der Waals surface area (Å²) in [7, 11) is -3.38. The molecular weight excluding hydrogens is 370 g/mol. The van der Waals surface area contributed by atoms with E-state index in [-0.39, 0.29) is 5.91 Å². The molecule has 0 bridgehead atoms. The number of thiophene rings is 1. The van der Waals surface area contributed by atoms with Gasteiger partial charge in [0.2, 0.25) is 10.0 Å². The average Bonchev–Trinajstić information content (AvgIpc) is 3.03. The molecule has 0 atom stereocenters. The van der Waals surface area contributed by atoms with Gasteiger partial charge in [0.15, 0.2) is 0 Å². The normalized spacial score (nSPS) is 11.1. The summed E-state index contributed by atoms with van der Waals surface area (Å²) in [6.45, 7) is 0. The quantitative estimate of drug-likeness (QED) is 0.582. The zero-order chi connectivity index (χ0) is 18.7. The van der Waals surface area contributed by atoms with E-state index in [9.17, 15) is 13.2 Å². The first-order valence-corrected chi connectivity index (χ1v) is 10.4. The molecule has 1 heterocycles. The lowest BCUT2D eigenvalue weighted by atomic mass is 10.1. The summed E-state index contributed by atoms with van der Waals surface area (Å²) in [6, 6.07) is 15.8. The van der Waals surface area contributed by atoms with Crippen LogP contribution in [0, 0.1) is 0 Å². The molecular formula is C18H17N3O3S2. The first-order chi connectivity index (χ1) is 12.3. The second-order valence-electron chi connectivity index (χ2n) is 5.73. The summed E-state index contributed by atoms with van der Waals surface area (Å²) in [6.07, 6.45) is 1.07. The number of anilines is 3. The number of carbonyl (C=O) groups excluding carboxylic acids is 1. The van der Waals surface area contributed by atoms with E-state index in [1.165, 1.54) is 11.3 Å². The number of nitrogens with one attached hydrogen (secondary N) is 2. The topological polar surface area (TPSA) is 101 Å². The van der Waals surface area contributed by atoms with Gasteiger partial charge in [-0.1, -0.05) is 18.2 Å². The molecule has 0 unspecified atom stereocenters. The molecule has 0 aliphatic heterocycles. The second-order valence-corrected chi connectivity index (χ2v) is 8.39. The molecule has 3 aromatic rings. The Morgan fingerprint density at radius 3 is 2.46 bits per heavy atom. The van der Waals surface area contributed by atoms with Gasteiger partial charge in [-0.25, -0.2) is 8.42 Å². The number of hydrogen-bond acceptors (Lipinski definition) is 5. The molecule has 0 fully saturated rings. The monoisotopic (exact) mass is 387 g/mol. The van der Waals surface area contributed by atoms with Crippen molar-refractivity contribution in [1.29, 1.82) is 0 Å². The van der Waals surface area contributed by atoms with E-state index >= 15 is 0 Å². The van der Waals surface area contributed by atoms with Gasteiger partial charge in [-0.15, -0.1) is 11.3 Å². The van der Waals surface area contributed by atoms with Gasteiger partial charge in [-0.3, -0.25) is 9.52 Å². The predicted molar refractivity (Wildman–Crippen MR) is 107 cm³/mol. The molecule has 2 aromatic carbocycles. The van der Waals surface area contributed by atoms with Crippen molar-refractivity contribution < 1.29 is 13.2 Å². The minimum absolute atomic E-state index is 0.262. The molecule has 1 aromatic heterocycles. The summed E-state index contributed by atoms with van der Waals surface area (Å²) >= 11 is 1.33. The van der Waals surface area contributed by atoms with Crippen LogP contribution in [0.15, 0.2) is 60.0 Å². The number of sulfonamides is 1. The average molecular weight is 387 g/mol. The van der Waals surface area contributed by atoms with Gasteiger partial charge in [0.05, 0.1) is 16.8 Å². The maximum atomic E-state index is 12.5. The molecule has 6 nitrogen and oxygen atoms in total. The van der Waals surface area contributed by atoms with Crippen LogP contribution in [-0.4, -0.2) is 20.6 Å². The van der Waals surface area contributed by atoms with Crippen molar-refractivity contribution in [2.24, 2.45) is 0 Å². The molecule has 3 rings (SSSR count). The fraction of sp³-hybridized carbons (Fsp3) is 0.0556. The Bertz CT molecular complexity index is 1060. The molecule has 0 spiro atoms. The summed E-state index contributed by atoms with van der Waals surface area (Å²) < 4.78 is 25.0. The number of rotatable bonds is 5. The van der Waals surface area contributed by atoms with Crippen LogP contribution in [0.5, 0.6) is 0 Å². The fourth-order valence-corrected chi connectivity index (χ4v) is 3.76. The number of benzene rings is 2. The molecule has 26 heavy (non-hydrogen) atoms. The largest absolute Gasteiger partial charge is 0.399 e. The standard InChI is InChI=1S/C18H17N3O3S2/c1-26(23,24)21-16-7-3-6-15(10-16)20-18(22)17-9-13(11-25-17)12-4-2-5-14(19)8-12/h2-11,21H,19H2,1H3,(H,20,22). The molecule has 1 amide bonds. The van der Waals surface area contributed by atoms with Crippen LogP contribution in [0.25, 0.3) is 11.1 Å². The van der Waals surface area contributed by atoms with Crippen molar-refractivity contribution in [2.45, 2.75) is 0 Å². The Hall–Kier alpha value is -2.84. The lowest BCUT2D eigenvalue weighted by Gasteiger charge is -2.07. The van der Waals surface area contributed by atoms with Gasteiger partial charge < -0.3 is 11.1 Å². The lowest BCUT2D eigenvalue weighted by Crippen LogP contribution is -2.12. The first kappa shape index (κ1) is 18.0. The van der Waals surface area contributed by atoms with E-state index in [2.05, 4.69) is 10.0 Å². The van der Waals surface area contributed by atoms with E-state index in [4.69, 9.17) is 5.73 Å². The van der Waals surface area contributed by atoms with Crippen LogP contribution in [-0.2, 0) is 10.0 Å². The van der Waals surface area contributed by atoms with Crippen LogP contribution in [0.1, 0.15) is 9.67 Å². The minimum Gasteiger partial charge on any atom is -0.399 e. The SMILES string of the molecule is CS(=O)(=O)Nc1cccc(NC(=O)c2cc(-c3cccc(N)c3)cs2)c1. The van der Waals surface area contributed by atoms with Crippen LogP contribution in [0.2, 0.25) is 0 Å². The number of carbonyl (C=O) groups is 1. The molecule has 8 heteroatoms. The highest BCUT2D eigenvalue weighted by atomic mass is 32.2. The van der Waals surface area contributed by atoms with E-state index < -0.39 is 10.0 Å². The fourth-order valence-electron chi connectivity index (χ4n) is 2.39. The maximum absolute atomic E-state index is 12.5. The number of amides is 1. The Kier molecular flexibility index (Phi) is 4.97. The summed E-state index contributed by atoms with van der Waals surface area (Å²) in [4.78, 5) is 13.0. The lowest BCUT2D eigenvalue weighted by molar-refractivity contribution is 0.103. The van der Waals surface area contributed by atoms with Crippen LogP contribution in [0.3, 0.4) is 0 Å². The van der Waals surface area contributed by atoms with E-state index in [1.807, 2.05) is 23.6 Å². The summed E-state index contributed by atoms with van der Waals surface area (Å²) in [5.41, 5.74) is 9.21. The molecule has 0 aliphatic carbocycles. The molecule has 0 aliphatic rings. The van der Waals surface area contributed by atoms with E-state index in [0.717, 1.165) is 17.4 Å². The van der Waals surface area contributed by atoms with Crippen LogP contribution >= 0.6 is 11.3 Å². The van der Waals surface area contributed by atoms with Crippen molar-refractivity contribution in [3.05, 3.63) is 64.9 Å². The Morgan fingerprint density at radius 1 is 1.00 bits per heavy atom. The minimum atomic E-state index is -3.38. The Balaban J connectivity index is 1.76. The van der Waals surface area contributed by atoms with Gasteiger partial charge in [-0.2, -0.15) is 0 Å². The third-order valence-corrected chi connectivity index (χ3v) is 5.00. The molecule has 0 saturated heterocycles. The van der Waals surface area contributed by atoms with Crippen molar-refractivity contribution in [1.82, 2.24) is 0 Å². The van der Waals surface area contributed by atoms with Crippen LogP contribution < -0.4 is 15.8 Å². The number of hydrogen-bond donors (Lipinski definition) is 3. The maximum Gasteiger partial charge on any atom is 0.265 e. The highest BCUT2D eigenvalue weighted by molar-refractivity contribution is 7.92. The van der Waals surface area contributed by atoms with Crippen molar-refractivity contribution in [3.8, 4) is 11.1 Å². The molecule has 0 radical (unpaired) electrons. The second kappa shape index (κ2) is 7.19. The van der Waals surface area contributed by atoms with Gasteiger partial charge in [0, 0.05) is 11.4 Å². The predicted octanol–water partition coefficient (Wildman–Crippen LogP) is 3.62. The summed E-state index contributed by atoms with van der Waals surface area (Å²) in [5.74, 6) is -0.262. The molecule has 4 N–H and O–H groups in total. The van der Waals surface area contributed by atoms with E-state index in [0.29, 0.717) is 21.9 Å². The number of nitrogens with two attached hydrogens (primary N) is 1.